The highest BCUT2D eigenvalue weighted by atomic mass is 35.5. The topological polar surface area (TPSA) is 90.0 Å². The van der Waals surface area contributed by atoms with Crippen LogP contribution in [0.2, 0.25) is 0 Å². The Kier molecular flexibility index (Phi) is 7.17. The first-order chi connectivity index (χ1) is 8.72. The monoisotopic (exact) mass is 324 g/mol. The van der Waals surface area contributed by atoms with Crippen molar-refractivity contribution in [1.82, 2.24) is 14.3 Å². The third-order valence-electron chi connectivity index (χ3n) is 2.94. The molecule has 0 aliphatic carbocycles. The molecule has 118 valence electrons. The first kappa shape index (κ1) is 19.4. The number of rotatable bonds is 7. The van der Waals surface area contributed by atoms with Crippen molar-refractivity contribution in [3.05, 3.63) is 12.5 Å². The molecule has 0 bridgehead atoms. The number of nitrogens with zero attached hydrogens (tertiary/aromatic N) is 2. The molecular formula is C12H25ClN4O2S. The van der Waals surface area contributed by atoms with Crippen molar-refractivity contribution in [3.63, 3.8) is 0 Å². The number of aromatic nitrogens is 2. The number of halogens is 1. The van der Waals surface area contributed by atoms with Crippen LogP contribution in [0.5, 0.6) is 0 Å². The van der Waals surface area contributed by atoms with Crippen LogP contribution in [0.15, 0.2) is 17.6 Å². The largest absolute Gasteiger partial charge is 0.336 e. The Morgan fingerprint density at radius 2 is 2.10 bits per heavy atom. The number of imidazole rings is 1. The molecule has 1 heterocycles. The van der Waals surface area contributed by atoms with Gasteiger partial charge in [0.2, 0.25) is 0 Å². The lowest BCUT2D eigenvalue weighted by molar-refractivity contribution is 0.344. The SMILES string of the molecule is CCn1cnc(S(=O)(=O)NC(C)(CN)CC(C)C)c1.Cl. The van der Waals surface area contributed by atoms with Crippen molar-refractivity contribution in [1.29, 1.82) is 0 Å². The molecule has 20 heavy (non-hydrogen) atoms. The van der Waals surface area contributed by atoms with E-state index in [0.29, 0.717) is 18.9 Å². The van der Waals surface area contributed by atoms with Gasteiger partial charge in [-0.2, -0.15) is 0 Å². The summed E-state index contributed by atoms with van der Waals surface area (Å²) in [7, 11) is -3.63. The fourth-order valence-electron chi connectivity index (χ4n) is 2.10. The molecule has 1 aromatic heterocycles. The number of nitrogens with one attached hydrogen (secondary N) is 1. The van der Waals surface area contributed by atoms with Crippen molar-refractivity contribution in [2.45, 2.75) is 51.2 Å². The molecule has 0 saturated carbocycles. The van der Waals surface area contributed by atoms with Crippen LogP contribution in [0.3, 0.4) is 0 Å². The standard InChI is InChI=1S/C12H24N4O2S.ClH/c1-5-16-7-11(14-9-16)19(17,18)15-12(4,8-13)6-10(2)3;/h7,9-10,15H,5-6,8,13H2,1-4H3;1H. The fraction of sp³-hybridized carbons (Fsp3) is 0.750. The number of nitrogens with two attached hydrogens (primary N) is 1. The predicted octanol–water partition coefficient (Wildman–Crippen LogP) is 1.37. The molecule has 8 heteroatoms. The Morgan fingerprint density at radius 1 is 1.50 bits per heavy atom. The highest BCUT2D eigenvalue weighted by Crippen LogP contribution is 2.18. The Morgan fingerprint density at radius 3 is 2.50 bits per heavy atom. The number of hydrogen-bond donors (Lipinski definition) is 2. The lowest BCUT2D eigenvalue weighted by atomic mass is 9.92. The molecule has 0 aliphatic rings. The summed E-state index contributed by atoms with van der Waals surface area (Å²) in [4.78, 5) is 3.93. The molecule has 0 saturated heterocycles. The molecule has 1 unspecified atom stereocenters. The summed E-state index contributed by atoms with van der Waals surface area (Å²) < 4.78 is 28.9. The molecular weight excluding hydrogens is 300 g/mol. The van der Waals surface area contributed by atoms with E-state index >= 15 is 0 Å². The van der Waals surface area contributed by atoms with Crippen LogP contribution in [0.4, 0.5) is 0 Å². The van der Waals surface area contributed by atoms with Gasteiger partial charge < -0.3 is 10.3 Å². The molecule has 0 aromatic carbocycles. The lowest BCUT2D eigenvalue weighted by Crippen LogP contribution is -2.52. The summed E-state index contributed by atoms with van der Waals surface area (Å²) in [5.41, 5.74) is 5.07. The smallest absolute Gasteiger partial charge is 0.260 e. The molecule has 6 nitrogen and oxygen atoms in total. The van der Waals surface area contributed by atoms with Crippen LogP contribution in [-0.2, 0) is 16.6 Å². The molecule has 1 atom stereocenters. The molecule has 1 rings (SSSR count). The zero-order valence-corrected chi connectivity index (χ0v) is 14.1. The zero-order chi connectivity index (χ0) is 14.7. The Bertz CT molecular complexity index is 515. The fourth-order valence-corrected chi connectivity index (χ4v) is 3.48. The van der Waals surface area contributed by atoms with Crippen LogP contribution in [0.25, 0.3) is 0 Å². The highest BCUT2D eigenvalue weighted by molar-refractivity contribution is 7.89. The molecule has 0 amide bonds. The Labute approximate surface area is 127 Å². The average Bonchev–Trinajstić information content (AvgIpc) is 2.76. The van der Waals surface area contributed by atoms with Gasteiger partial charge in [0.05, 0.1) is 6.33 Å². The van der Waals surface area contributed by atoms with Gasteiger partial charge in [-0.3, -0.25) is 0 Å². The zero-order valence-electron chi connectivity index (χ0n) is 12.5. The van der Waals surface area contributed by atoms with E-state index in [-0.39, 0.29) is 24.0 Å². The van der Waals surface area contributed by atoms with E-state index in [1.807, 2.05) is 27.7 Å². The van der Waals surface area contributed by atoms with E-state index < -0.39 is 15.6 Å². The predicted molar refractivity (Wildman–Crippen MR) is 82.4 cm³/mol. The number of sulfonamides is 1. The normalized spacial score (nSPS) is 14.9. The summed E-state index contributed by atoms with van der Waals surface area (Å²) in [6, 6.07) is 0. The second kappa shape index (κ2) is 7.40. The van der Waals surface area contributed by atoms with Gasteiger partial charge in [-0.05, 0) is 26.2 Å². The Balaban J connectivity index is 0.00000361. The van der Waals surface area contributed by atoms with Crippen LogP contribution in [0, 0.1) is 5.92 Å². The summed E-state index contributed by atoms with van der Waals surface area (Å²) in [6.07, 6.45) is 3.71. The van der Waals surface area contributed by atoms with Crippen LogP contribution < -0.4 is 10.5 Å². The summed E-state index contributed by atoms with van der Waals surface area (Å²) in [5, 5.41) is 0.0396. The number of aryl methyl sites for hydroxylation is 1. The first-order valence-electron chi connectivity index (χ1n) is 6.48. The van der Waals surface area contributed by atoms with E-state index in [1.165, 1.54) is 12.5 Å². The van der Waals surface area contributed by atoms with Crippen LogP contribution in [0.1, 0.15) is 34.1 Å². The summed E-state index contributed by atoms with van der Waals surface area (Å²) in [5.74, 6) is 0.351. The van der Waals surface area contributed by atoms with Gasteiger partial charge >= 0.3 is 0 Å². The van der Waals surface area contributed by atoms with Gasteiger partial charge in [-0.15, -0.1) is 12.4 Å². The van der Waals surface area contributed by atoms with Gasteiger partial charge in [-0.1, -0.05) is 13.8 Å². The van der Waals surface area contributed by atoms with Crippen molar-refractivity contribution in [2.75, 3.05) is 6.54 Å². The average molecular weight is 325 g/mol. The summed E-state index contributed by atoms with van der Waals surface area (Å²) in [6.45, 7) is 8.75. The molecule has 0 spiro atoms. The van der Waals surface area contributed by atoms with E-state index in [0.717, 1.165) is 0 Å². The van der Waals surface area contributed by atoms with Gasteiger partial charge in [0, 0.05) is 24.8 Å². The molecule has 0 radical (unpaired) electrons. The van der Waals surface area contributed by atoms with E-state index in [1.54, 1.807) is 4.57 Å². The van der Waals surface area contributed by atoms with Crippen LogP contribution >= 0.6 is 12.4 Å². The lowest BCUT2D eigenvalue weighted by Gasteiger charge is -2.30. The van der Waals surface area contributed by atoms with E-state index in [2.05, 4.69) is 9.71 Å². The second-order valence-electron chi connectivity index (χ2n) is 5.51. The molecule has 1 aromatic rings. The van der Waals surface area contributed by atoms with Crippen molar-refractivity contribution < 1.29 is 8.42 Å². The highest BCUT2D eigenvalue weighted by Gasteiger charge is 2.31. The maximum Gasteiger partial charge on any atom is 0.260 e. The minimum absolute atomic E-state index is 0. The minimum Gasteiger partial charge on any atom is -0.336 e. The summed E-state index contributed by atoms with van der Waals surface area (Å²) >= 11 is 0. The Hall–Kier alpha value is -0.630. The van der Waals surface area contributed by atoms with Crippen LogP contribution in [-0.4, -0.2) is 30.1 Å². The van der Waals surface area contributed by atoms with Gasteiger partial charge in [-0.25, -0.2) is 18.1 Å². The minimum atomic E-state index is -3.63. The number of hydrogen-bond acceptors (Lipinski definition) is 4. The van der Waals surface area contributed by atoms with Gasteiger partial charge in [0.1, 0.15) is 0 Å². The maximum absolute atomic E-state index is 12.3. The van der Waals surface area contributed by atoms with Gasteiger partial charge in [0.15, 0.2) is 5.03 Å². The maximum atomic E-state index is 12.3. The molecule has 0 aliphatic heterocycles. The first-order valence-corrected chi connectivity index (χ1v) is 7.96. The molecule has 3 N–H and O–H groups in total. The molecule has 0 fully saturated rings. The van der Waals surface area contributed by atoms with Crippen molar-refractivity contribution >= 4 is 22.4 Å². The third kappa shape index (κ3) is 5.05. The van der Waals surface area contributed by atoms with Crippen molar-refractivity contribution in [3.8, 4) is 0 Å². The third-order valence-corrected chi connectivity index (χ3v) is 4.46. The second-order valence-corrected chi connectivity index (χ2v) is 7.14. The van der Waals surface area contributed by atoms with E-state index in [9.17, 15) is 8.42 Å². The quantitative estimate of drug-likeness (QED) is 0.792. The van der Waals surface area contributed by atoms with Crippen molar-refractivity contribution in [2.24, 2.45) is 11.7 Å². The van der Waals surface area contributed by atoms with E-state index in [4.69, 9.17) is 5.73 Å². The van der Waals surface area contributed by atoms with Gasteiger partial charge in [0.25, 0.3) is 10.0 Å².